The number of aryl methyl sites for hydroxylation is 2. The Morgan fingerprint density at radius 1 is 1.26 bits per heavy atom. The summed E-state index contributed by atoms with van der Waals surface area (Å²) in [5, 5.41) is 10.8. The molecule has 0 radical (unpaired) electrons. The fraction of sp³-hybridized carbons (Fsp3) is 0.444. The first kappa shape index (κ1) is 17.3. The van der Waals surface area contributed by atoms with Gasteiger partial charge in [0.15, 0.2) is 5.60 Å². The second kappa shape index (κ2) is 6.26. The first-order chi connectivity index (χ1) is 12.8. The first-order valence-electron chi connectivity index (χ1n) is 8.76. The highest BCUT2D eigenvalue weighted by molar-refractivity contribution is 5.91. The van der Waals surface area contributed by atoms with Crippen LogP contribution in [0.15, 0.2) is 22.6 Å². The normalized spacial score (nSPS) is 21.8. The fourth-order valence-corrected chi connectivity index (χ4v) is 3.52. The summed E-state index contributed by atoms with van der Waals surface area (Å²) in [6.07, 6.45) is 0.298. The number of hydrogen-bond acceptors (Lipinski definition) is 6. The topological polar surface area (TPSA) is 101 Å². The number of likely N-dealkylation sites (tertiary alicyclic amines) is 1. The molecule has 1 spiro atoms. The Bertz CT molecular complexity index is 911. The van der Waals surface area contributed by atoms with Crippen molar-refractivity contribution < 1.29 is 18.7 Å². The molecule has 1 atom stereocenters. The van der Waals surface area contributed by atoms with Crippen LogP contribution in [0.25, 0.3) is 11.5 Å². The van der Waals surface area contributed by atoms with E-state index in [-0.39, 0.29) is 12.1 Å². The molecule has 2 aliphatic rings. The van der Waals surface area contributed by atoms with Crippen LogP contribution in [0.5, 0.6) is 0 Å². The Morgan fingerprint density at radius 3 is 2.74 bits per heavy atom. The number of aromatic nitrogens is 2. The molecule has 1 aromatic carbocycles. The minimum atomic E-state index is -0.596. The maximum absolute atomic E-state index is 12.7. The standard InChI is InChI=1S/C18H21N5O4/c1-11-4-5-13(15-21-20-12(2)26-15)8-14(11)19-16(24)23-7-6-18(10-23)9-22(3)17(25)27-18/h4-5,8H,6-7,9-10H2,1-3H3,(H,19,24)/t18-/m0/s1. The molecule has 2 aromatic rings. The van der Waals surface area contributed by atoms with Crippen LogP contribution in [0.4, 0.5) is 15.3 Å². The third-order valence-electron chi connectivity index (χ3n) is 5.00. The van der Waals surface area contributed by atoms with Crippen molar-refractivity contribution in [1.82, 2.24) is 20.0 Å². The maximum atomic E-state index is 12.7. The van der Waals surface area contributed by atoms with E-state index in [2.05, 4.69) is 15.5 Å². The summed E-state index contributed by atoms with van der Waals surface area (Å²) in [4.78, 5) is 27.6. The summed E-state index contributed by atoms with van der Waals surface area (Å²) in [6.45, 7) is 5.06. The van der Waals surface area contributed by atoms with Crippen LogP contribution in [0.2, 0.25) is 0 Å². The number of ether oxygens (including phenoxy) is 1. The SMILES string of the molecule is Cc1nnc(-c2ccc(C)c(NC(=O)N3CC[C@]4(CN(C)C(=O)O4)C3)c2)o1. The highest BCUT2D eigenvalue weighted by Crippen LogP contribution is 2.32. The molecular weight excluding hydrogens is 350 g/mol. The first-order valence-corrected chi connectivity index (χ1v) is 8.76. The van der Waals surface area contributed by atoms with Gasteiger partial charge in [0.05, 0.1) is 13.1 Å². The molecule has 2 aliphatic heterocycles. The number of nitrogens with zero attached hydrogens (tertiary/aromatic N) is 4. The molecule has 1 aromatic heterocycles. The second-order valence-electron chi connectivity index (χ2n) is 7.16. The van der Waals surface area contributed by atoms with Gasteiger partial charge in [-0.05, 0) is 24.6 Å². The lowest BCUT2D eigenvalue weighted by atomic mass is 10.0. The Hall–Kier alpha value is -3.10. The molecule has 142 valence electrons. The molecular formula is C18H21N5O4. The summed E-state index contributed by atoms with van der Waals surface area (Å²) in [7, 11) is 1.70. The van der Waals surface area contributed by atoms with Gasteiger partial charge < -0.3 is 24.3 Å². The molecule has 4 rings (SSSR count). The van der Waals surface area contributed by atoms with E-state index in [0.717, 1.165) is 11.1 Å². The van der Waals surface area contributed by atoms with Crippen molar-refractivity contribution in [2.45, 2.75) is 25.9 Å². The third-order valence-corrected chi connectivity index (χ3v) is 5.00. The zero-order valence-electron chi connectivity index (χ0n) is 15.5. The third kappa shape index (κ3) is 3.20. The van der Waals surface area contributed by atoms with E-state index in [0.29, 0.717) is 43.5 Å². The van der Waals surface area contributed by atoms with E-state index in [4.69, 9.17) is 9.15 Å². The lowest BCUT2D eigenvalue weighted by molar-refractivity contribution is 0.0663. The molecule has 9 heteroatoms. The van der Waals surface area contributed by atoms with E-state index < -0.39 is 5.60 Å². The van der Waals surface area contributed by atoms with Gasteiger partial charge in [-0.1, -0.05) is 6.07 Å². The lowest BCUT2D eigenvalue weighted by Crippen LogP contribution is -2.40. The highest BCUT2D eigenvalue weighted by Gasteiger charge is 2.49. The van der Waals surface area contributed by atoms with Crippen LogP contribution < -0.4 is 5.32 Å². The van der Waals surface area contributed by atoms with Gasteiger partial charge in [-0.15, -0.1) is 10.2 Å². The van der Waals surface area contributed by atoms with Crippen molar-refractivity contribution in [3.05, 3.63) is 29.7 Å². The summed E-state index contributed by atoms with van der Waals surface area (Å²) in [6, 6.07) is 5.36. The van der Waals surface area contributed by atoms with Crippen molar-refractivity contribution in [2.75, 3.05) is 32.0 Å². The quantitative estimate of drug-likeness (QED) is 0.870. The predicted octanol–water partition coefficient (Wildman–Crippen LogP) is 2.41. The summed E-state index contributed by atoms with van der Waals surface area (Å²) < 4.78 is 10.9. The molecule has 0 saturated carbocycles. The molecule has 0 unspecified atom stereocenters. The van der Waals surface area contributed by atoms with Crippen molar-refractivity contribution in [2.24, 2.45) is 0 Å². The van der Waals surface area contributed by atoms with E-state index in [9.17, 15) is 9.59 Å². The van der Waals surface area contributed by atoms with Gasteiger partial charge in [-0.2, -0.15) is 0 Å². The molecule has 3 amide bonds. The molecule has 1 N–H and O–H groups in total. The van der Waals surface area contributed by atoms with E-state index in [1.807, 2.05) is 25.1 Å². The van der Waals surface area contributed by atoms with Crippen molar-refractivity contribution in [1.29, 1.82) is 0 Å². The largest absolute Gasteiger partial charge is 0.439 e. The van der Waals surface area contributed by atoms with Gasteiger partial charge >= 0.3 is 12.1 Å². The molecule has 0 bridgehead atoms. The monoisotopic (exact) mass is 371 g/mol. The van der Waals surface area contributed by atoms with Crippen molar-refractivity contribution in [3.63, 3.8) is 0 Å². The lowest BCUT2D eigenvalue weighted by Gasteiger charge is -2.22. The van der Waals surface area contributed by atoms with Gasteiger partial charge in [-0.25, -0.2) is 9.59 Å². The molecule has 27 heavy (non-hydrogen) atoms. The van der Waals surface area contributed by atoms with Crippen LogP contribution in [-0.4, -0.2) is 64.4 Å². The van der Waals surface area contributed by atoms with Crippen molar-refractivity contribution in [3.8, 4) is 11.5 Å². The zero-order valence-corrected chi connectivity index (χ0v) is 15.5. The maximum Gasteiger partial charge on any atom is 0.410 e. The number of anilines is 1. The van der Waals surface area contributed by atoms with Crippen LogP contribution in [0.3, 0.4) is 0 Å². The number of hydrogen-bond donors (Lipinski definition) is 1. The number of likely N-dealkylation sites (N-methyl/N-ethyl adjacent to an activating group) is 1. The average Bonchev–Trinajstić information content (AvgIpc) is 3.30. The molecule has 3 heterocycles. The van der Waals surface area contributed by atoms with Crippen LogP contribution in [0, 0.1) is 13.8 Å². The van der Waals surface area contributed by atoms with Gasteiger partial charge in [0.25, 0.3) is 0 Å². The Kier molecular flexibility index (Phi) is 4.01. The Labute approximate surface area is 156 Å². The predicted molar refractivity (Wildman–Crippen MR) is 96.3 cm³/mol. The smallest absolute Gasteiger partial charge is 0.410 e. The number of urea groups is 1. The summed E-state index contributed by atoms with van der Waals surface area (Å²) in [5.41, 5.74) is 1.74. The number of benzene rings is 1. The van der Waals surface area contributed by atoms with Crippen LogP contribution >= 0.6 is 0 Å². The number of carbonyl (C=O) groups is 2. The minimum absolute atomic E-state index is 0.223. The zero-order chi connectivity index (χ0) is 19.2. The molecule has 2 fully saturated rings. The fourth-order valence-electron chi connectivity index (χ4n) is 3.52. The number of rotatable bonds is 2. The Balaban J connectivity index is 1.48. The molecule has 0 aliphatic carbocycles. The van der Waals surface area contributed by atoms with Gasteiger partial charge in [0.1, 0.15) is 0 Å². The number of amides is 3. The van der Waals surface area contributed by atoms with E-state index in [1.54, 1.807) is 23.8 Å². The van der Waals surface area contributed by atoms with Gasteiger partial charge in [-0.3, -0.25) is 0 Å². The highest BCUT2D eigenvalue weighted by atomic mass is 16.6. The van der Waals surface area contributed by atoms with E-state index >= 15 is 0 Å². The second-order valence-corrected chi connectivity index (χ2v) is 7.16. The average molecular weight is 371 g/mol. The van der Waals surface area contributed by atoms with Gasteiger partial charge in [0, 0.05) is 38.2 Å². The van der Waals surface area contributed by atoms with E-state index in [1.165, 1.54) is 0 Å². The Morgan fingerprint density at radius 2 is 2.07 bits per heavy atom. The summed E-state index contributed by atoms with van der Waals surface area (Å²) >= 11 is 0. The number of carbonyl (C=O) groups excluding carboxylic acids is 2. The molecule has 2 saturated heterocycles. The number of nitrogens with one attached hydrogen (secondary N) is 1. The van der Waals surface area contributed by atoms with Crippen molar-refractivity contribution >= 4 is 17.8 Å². The van der Waals surface area contributed by atoms with Gasteiger partial charge in [0.2, 0.25) is 11.8 Å². The molecule has 9 nitrogen and oxygen atoms in total. The summed E-state index contributed by atoms with van der Waals surface area (Å²) in [5.74, 6) is 0.888. The van der Waals surface area contributed by atoms with Crippen LogP contribution in [0.1, 0.15) is 17.9 Å². The minimum Gasteiger partial charge on any atom is -0.439 e. The van der Waals surface area contributed by atoms with Crippen LogP contribution in [-0.2, 0) is 4.74 Å².